The van der Waals surface area contributed by atoms with E-state index in [-0.39, 0.29) is 17.9 Å². The van der Waals surface area contributed by atoms with Crippen molar-refractivity contribution in [1.82, 2.24) is 20.1 Å². The van der Waals surface area contributed by atoms with E-state index in [4.69, 9.17) is 4.74 Å². The Hall–Kier alpha value is -1.73. The number of carbonyl (C=O) groups is 1. The normalized spacial score (nSPS) is 18.7. The number of thiophene rings is 1. The van der Waals surface area contributed by atoms with Gasteiger partial charge in [-0.1, -0.05) is 13.8 Å². The van der Waals surface area contributed by atoms with Crippen LogP contribution in [0.1, 0.15) is 57.6 Å². The lowest BCUT2D eigenvalue weighted by Crippen LogP contribution is -2.42. The molecule has 1 atom stereocenters. The van der Waals surface area contributed by atoms with E-state index < -0.39 is 0 Å². The van der Waals surface area contributed by atoms with Gasteiger partial charge in [-0.25, -0.2) is 4.98 Å². The summed E-state index contributed by atoms with van der Waals surface area (Å²) >= 11 is 1.66. The van der Waals surface area contributed by atoms with Crippen molar-refractivity contribution in [1.29, 1.82) is 0 Å². The fourth-order valence-corrected chi connectivity index (χ4v) is 3.62. The van der Waals surface area contributed by atoms with E-state index >= 15 is 0 Å². The summed E-state index contributed by atoms with van der Waals surface area (Å²) in [6.45, 7) is 9.73. The fraction of sp³-hybridized carbons (Fsp3) is 0.562. The largest absolute Gasteiger partial charge is 0.367 e. The first kappa shape index (κ1) is 16.1. The van der Waals surface area contributed by atoms with E-state index in [1.54, 1.807) is 11.3 Å². The van der Waals surface area contributed by atoms with Gasteiger partial charge in [0.15, 0.2) is 11.6 Å². The molecule has 124 valence electrons. The molecule has 0 aliphatic carbocycles. The Morgan fingerprint density at radius 2 is 2.26 bits per heavy atom. The van der Waals surface area contributed by atoms with Gasteiger partial charge in [-0.3, -0.25) is 9.89 Å². The van der Waals surface area contributed by atoms with Crippen molar-refractivity contribution < 1.29 is 9.53 Å². The molecular weight excluding hydrogens is 312 g/mol. The molecule has 23 heavy (non-hydrogen) atoms. The van der Waals surface area contributed by atoms with Crippen LogP contribution in [-0.4, -0.2) is 45.7 Å². The quantitative estimate of drug-likeness (QED) is 0.937. The zero-order chi connectivity index (χ0) is 16.6. The van der Waals surface area contributed by atoms with E-state index in [1.807, 2.05) is 38.7 Å². The highest BCUT2D eigenvalue weighted by molar-refractivity contribution is 7.12. The number of carbonyl (C=O) groups excluding carboxylic acids is 1. The molecule has 3 rings (SSSR count). The van der Waals surface area contributed by atoms with E-state index in [1.165, 1.54) is 0 Å². The van der Waals surface area contributed by atoms with Crippen molar-refractivity contribution in [3.05, 3.63) is 33.0 Å². The third-order valence-corrected chi connectivity index (χ3v) is 4.93. The Kier molecular flexibility index (Phi) is 4.50. The van der Waals surface area contributed by atoms with Crippen LogP contribution in [0, 0.1) is 13.8 Å². The van der Waals surface area contributed by atoms with Gasteiger partial charge >= 0.3 is 0 Å². The van der Waals surface area contributed by atoms with Crippen LogP contribution in [-0.2, 0) is 4.74 Å². The number of nitrogens with one attached hydrogen (secondary N) is 1. The molecule has 2 aromatic heterocycles. The summed E-state index contributed by atoms with van der Waals surface area (Å²) < 4.78 is 5.78. The van der Waals surface area contributed by atoms with Crippen LogP contribution >= 0.6 is 11.3 Å². The number of aryl methyl sites for hydroxylation is 2. The summed E-state index contributed by atoms with van der Waals surface area (Å²) in [4.78, 5) is 21.3. The molecule has 2 aromatic rings. The van der Waals surface area contributed by atoms with Gasteiger partial charge in [0.25, 0.3) is 5.91 Å². The highest BCUT2D eigenvalue weighted by atomic mass is 32.1. The lowest BCUT2D eigenvalue weighted by molar-refractivity contribution is -0.0266. The van der Waals surface area contributed by atoms with Gasteiger partial charge in [-0.2, -0.15) is 5.10 Å². The SMILES string of the molecule is Cc1cc(C(=O)N2CCOC(c3nc(C(C)C)n[nH]3)C2)c(C)s1. The first-order valence-corrected chi connectivity index (χ1v) is 8.67. The second-order valence-corrected chi connectivity index (χ2v) is 7.63. The Bertz CT molecular complexity index is 707. The summed E-state index contributed by atoms with van der Waals surface area (Å²) in [6, 6.07) is 1.97. The topological polar surface area (TPSA) is 71.1 Å². The summed E-state index contributed by atoms with van der Waals surface area (Å²) in [7, 11) is 0. The second kappa shape index (κ2) is 6.41. The van der Waals surface area contributed by atoms with Crippen LogP contribution in [0.25, 0.3) is 0 Å². The predicted molar refractivity (Wildman–Crippen MR) is 88.9 cm³/mol. The van der Waals surface area contributed by atoms with Gasteiger partial charge in [0.1, 0.15) is 6.10 Å². The van der Waals surface area contributed by atoms with Crippen LogP contribution in [0.5, 0.6) is 0 Å². The molecule has 7 heteroatoms. The number of amides is 1. The average Bonchev–Trinajstić information content (AvgIpc) is 3.13. The Balaban J connectivity index is 1.75. The van der Waals surface area contributed by atoms with Crippen LogP contribution in [0.4, 0.5) is 0 Å². The number of H-pyrrole nitrogens is 1. The third-order valence-electron chi connectivity index (χ3n) is 3.97. The van der Waals surface area contributed by atoms with Gasteiger partial charge in [-0.15, -0.1) is 11.3 Å². The first-order chi connectivity index (χ1) is 11.0. The third kappa shape index (κ3) is 3.30. The summed E-state index contributed by atoms with van der Waals surface area (Å²) in [6.07, 6.45) is -0.243. The number of aromatic nitrogens is 3. The highest BCUT2D eigenvalue weighted by Crippen LogP contribution is 2.25. The summed E-state index contributed by atoms with van der Waals surface area (Å²) in [5, 5.41) is 7.17. The Morgan fingerprint density at radius 1 is 1.48 bits per heavy atom. The van der Waals surface area contributed by atoms with E-state index in [2.05, 4.69) is 15.2 Å². The van der Waals surface area contributed by atoms with Crippen LogP contribution in [0.2, 0.25) is 0 Å². The maximum atomic E-state index is 12.8. The molecule has 1 saturated heterocycles. The highest BCUT2D eigenvalue weighted by Gasteiger charge is 2.29. The molecule has 1 amide bonds. The fourth-order valence-electron chi connectivity index (χ4n) is 2.70. The smallest absolute Gasteiger partial charge is 0.255 e. The van der Waals surface area contributed by atoms with Crippen molar-refractivity contribution in [2.75, 3.05) is 19.7 Å². The minimum absolute atomic E-state index is 0.0729. The molecule has 1 aliphatic heterocycles. The van der Waals surface area contributed by atoms with Crippen LogP contribution in [0.15, 0.2) is 6.07 Å². The van der Waals surface area contributed by atoms with Crippen LogP contribution in [0.3, 0.4) is 0 Å². The zero-order valence-corrected chi connectivity index (χ0v) is 14.7. The van der Waals surface area contributed by atoms with Crippen molar-refractivity contribution in [2.45, 2.75) is 39.7 Å². The minimum Gasteiger partial charge on any atom is -0.367 e. The van der Waals surface area contributed by atoms with E-state index in [9.17, 15) is 4.79 Å². The maximum absolute atomic E-state index is 12.8. The minimum atomic E-state index is -0.243. The number of hydrogen-bond donors (Lipinski definition) is 1. The number of morpholine rings is 1. The summed E-state index contributed by atoms with van der Waals surface area (Å²) in [5.74, 6) is 1.81. The number of aromatic amines is 1. The van der Waals surface area contributed by atoms with E-state index in [0.29, 0.717) is 25.5 Å². The molecule has 6 nitrogen and oxygen atoms in total. The zero-order valence-electron chi connectivity index (χ0n) is 13.9. The molecule has 1 fully saturated rings. The van der Waals surface area contributed by atoms with Crippen molar-refractivity contribution in [3.63, 3.8) is 0 Å². The lowest BCUT2D eigenvalue weighted by atomic mass is 10.2. The molecule has 0 bridgehead atoms. The molecule has 1 N–H and O–H groups in total. The molecule has 3 heterocycles. The molecule has 1 unspecified atom stereocenters. The molecule has 0 saturated carbocycles. The van der Waals surface area contributed by atoms with Crippen molar-refractivity contribution >= 4 is 17.2 Å². The average molecular weight is 334 g/mol. The van der Waals surface area contributed by atoms with Crippen LogP contribution < -0.4 is 0 Å². The number of ether oxygens (including phenoxy) is 1. The van der Waals surface area contributed by atoms with Gasteiger partial charge < -0.3 is 9.64 Å². The lowest BCUT2D eigenvalue weighted by Gasteiger charge is -2.31. The van der Waals surface area contributed by atoms with Gasteiger partial charge in [0.2, 0.25) is 0 Å². The van der Waals surface area contributed by atoms with Gasteiger partial charge in [0, 0.05) is 22.2 Å². The molecule has 1 aliphatic rings. The number of hydrogen-bond acceptors (Lipinski definition) is 5. The summed E-state index contributed by atoms with van der Waals surface area (Å²) in [5.41, 5.74) is 0.800. The molecular formula is C16H22N4O2S. The number of rotatable bonds is 3. The standard InChI is InChI=1S/C16H22N4O2S/c1-9(2)14-17-15(19-18-14)13-8-20(5-6-22-13)16(21)12-7-10(3)23-11(12)4/h7,9,13H,5-6,8H2,1-4H3,(H,17,18,19). The molecule has 0 aromatic carbocycles. The molecule has 0 spiro atoms. The number of nitrogens with zero attached hydrogens (tertiary/aromatic N) is 3. The predicted octanol–water partition coefficient (Wildman–Crippen LogP) is 2.82. The second-order valence-electron chi connectivity index (χ2n) is 6.17. The van der Waals surface area contributed by atoms with Gasteiger partial charge in [0.05, 0.1) is 18.7 Å². The Labute approximate surface area is 139 Å². The monoisotopic (exact) mass is 334 g/mol. The van der Waals surface area contributed by atoms with Crippen molar-refractivity contribution in [2.24, 2.45) is 0 Å². The maximum Gasteiger partial charge on any atom is 0.255 e. The Morgan fingerprint density at radius 3 is 2.87 bits per heavy atom. The van der Waals surface area contributed by atoms with Crippen molar-refractivity contribution in [3.8, 4) is 0 Å². The molecule has 0 radical (unpaired) electrons. The first-order valence-electron chi connectivity index (χ1n) is 7.85. The van der Waals surface area contributed by atoms with E-state index in [0.717, 1.165) is 21.1 Å². The van der Waals surface area contributed by atoms with Gasteiger partial charge in [-0.05, 0) is 19.9 Å².